The van der Waals surface area contributed by atoms with Crippen LogP contribution in [-0.2, 0) is 10.7 Å². The Morgan fingerprint density at radius 2 is 2.11 bits per heavy atom. The number of hydrogen-bond acceptors (Lipinski definition) is 4. The molecule has 0 aliphatic heterocycles. The van der Waals surface area contributed by atoms with Crippen molar-refractivity contribution < 1.29 is 13.5 Å². The van der Waals surface area contributed by atoms with Gasteiger partial charge in [-0.05, 0) is 12.1 Å². The Morgan fingerprint density at radius 1 is 1.44 bits per heavy atom. The van der Waals surface area contributed by atoms with Gasteiger partial charge >= 0.3 is 0 Å². The molecule has 50 valence electrons. The maximum absolute atomic E-state index is 10.2. The number of thiol groups is 1. The van der Waals surface area contributed by atoms with Crippen molar-refractivity contribution in [2.45, 2.75) is 4.21 Å². The van der Waals surface area contributed by atoms with Crippen LogP contribution in [0.1, 0.15) is 0 Å². The van der Waals surface area contributed by atoms with Gasteiger partial charge in [-0.15, -0.1) is 0 Å². The minimum Gasteiger partial charge on any atom is -0.499 e. The van der Waals surface area contributed by atoms with Crippen molar-refractivity contribution in [3.8, 4) is 5.06 Å². The van der Waals surface area contributed by atoms with Gasteiger partial charge in [0, 0.05) is 0 Å². The van der Waals surface area contributed by atoms with Gasteiger partial charge in [-0.25, -0.2) is 8.42 Å². The minimum absolute atomic E-state index is 0.0317. The van der Waals surface area contributed by atoms with Crippen LogP contribution in [-0.4, -0.2) is 13.5 Å². The summed E-state index contributed by atoms with van der Waals surface area (Å²) < 4.78 is 20.5. The molecule has 0 amide bonds. The highest BCUT2D eigenvalue weighted by Crippen LogP contribution is 2.22. The summed E-state index contributed by atoms with van der Waals surface area (Å²) in [4.78, 5) is 0. The van der Waals surface area contributed by atoms with Gasteiger partial charge in [-0.2, -0.15) is 0 Å². The lowest BCUT2D eigenvalue weighted by Gasteiger charge is -1.73. The molecular formula is C4H4O3S2. The third-order valence-corrected chi connectivity index (χ3v) is 2.68. The third-order valence-electron chi connectivity index (χ3n) is 0.758. The van der Waals surface area contributed by atoms with Gasteiger partial charge in [0.25, 0.3) is 0 Å². The van der Waals surface area contributed by atoms with Gasteiger partial charge in [0.1, 0.15) is 4.21 Å². The van der Waals surface area contributed by atoms with E-state index < -0.39 is 10.7 Å². The Bertz CT molecular complexity index is 265. The second-order valence-corrected chi connectivity index (χ2v) is 3.73. The van der Waals surface area contributed by atoms with E-state index in [-0.39, 0.29) is 9.27 Å². The van der Waals surface area contributed by atoms with Crippen LogP contribution in [0.4, 0.5) is 0 Å². The predicted octanol–water partition coefficient (Wildman–Crippen LogP) is 0.424. The standard InChI is InChI=1S/C4H4O3S2/c5-3-1-2-4(8-3)9(6)7/h1-2,5,9H. The van der Waals surface area contributed by atoms with Crippen molar-refractivity contribution in [2.75, 3.05) is 0 Å². The maximum Gasteiger partial charge on any atom is 0.177 e. The van der Waals surface area contributed by atoms with E-state index in [1.807, 2.05) is 0 Å². The van der Waals surface area contributed by atoms with Crippen LogP contribution >= 0.6 is 11.3 Å². The Labute approximate surface area is 57.5 Å². The highest BCUT2D eigenvalue weighted by atomic mass is 32.2. The SMILES string of the molecule is O=[SH](=O)c1ccc(O)s1. The highest BCUT2D eigenvalue weighted by molar-refractivity contribution is 7.75. The summed E-state index contributed by atoms with van der Waals surface area (Å²) in [5.74, 6) is 0. The first-order valence-corrected chi connectivity index (χ1v) is 4.13. The van der Waals surface area contributed by atoms with Gasteiger partial charge in [-0.3, -0.25) is 0 Å². The minimum atomic E-state index is -2.52. The molecular weight excluding hydrogens is 160 g/mol. The molecule has 0 bridgehead atoms. The summed E-state index contributed by atoms with van der Waals surface area (Å²) >= 11 is 0.855. The van der Waals surface area contributed by atoms with Crippen LogP contribution in [0, 0.1) is 0 Å². The zero-order valence-corrected chi connectivity index (χ0v) is 5.98. The van der Waals surface area contributed by atoms with E-state index in [1.54, 1.807) is 0 Å². The predicted molar refractivity (Wildman–Crippen MR) is 34.6 cm³/mol. The molecule has 0 aliphatic rings. The normalized spacial score (nSPS) is 10.3. The lowest BCUT2D eigenvalue weighted by Crippen LogP contribution is -1.66. The molecule has 0 saturated heterocycles. The monoisotopic (exact) mass is 164 g/mol. The van der Waals surface area contributed by atoms with Gasteiger partial charge < -0.3 is 5.11 Å². The Hall–Kier alpha value is -0.550. The summed E-state index contributed by atoms with van der Waals surface area (Å²) in [6, 6.07) is 2.72. The van der Waals surface area contributed by atoms with Crippen LogP contribution in [0.5, 0.6) is 5.06 Å². The molecule has 3 nitrogen and oxygen atoms in total. The molecule has 1 aromatic rings. The number of aromatic hydroxyl groups is 1. The summed E-state index contributed by atoms with van der Waals surface area (Å²) in [6.07, 6.45) is 0. The van der Waals surface area contributed by atoms with Crippen molar-refractivity contribution in [3.05, 3.63) is 12.1 Å². The van der Waals surface area contributed by atoms with Crippen LogP contribution in [0.3, 0.4) is 0 Å². The van der Waals surface area contributed by atoms with E-state index in [2.05, 4.69) is 0 Å². The fraction of sp³-hybridized carbons (Fsp3) is 0. The molecule has 0 atom stereocenters. The first kappa shape index (κ1) is 6.57. The number of hydrogen-bond donors (Lipinski definition) is 2. The first-order valence-electron chi connectivity index (χ1n) is 2.13. The van der Waals surface area contributed by atoms with E-state index >= 15 is 0 Å². The zero-order valence-electron chi connectivity index (χ0n) is 4.27. The zero-order chi connectivity index (χ0) is 6.85. The fourth-order valence-corrected chi connectivity index (χ4v) is 1.68. The molecule has 0 aliphatic carbocycles. The summed E-state index contributed by atoms with van der Waals surface area (Å²) in [5.41, 5.74) is 0. The summed E-state index contributed by atoms with van der Waals surface area (Å²) in [7, 11) is -2.52. The second kappa shape index (κ2) is 2.36. The molecule has 5 heteroatoms. The van der Waals surface area contributed by atoms with Gasteiger partial charge in [0.05, 0.1) is 0 Å². The lowest BCUT2D eigenvalue weighted by atomic mass is 10.7. The average Bonchev–Trinajstić information content (AvgIpc) is 2.14. The van der Waals surface area contributed by atoms with Crippen molar-refractivity contribution in [3.63, 3.8) is 0 Å². The average molecular weight is 164 g/mol. The second-order valence-electron chi connectivity index (χ2n) is 1.37. The Morgan fingerprint density at radius 3 is 2.33 bits per heavy atom. The smallest absolute Gasteiger partial charge is 0.177 e. The molecule has 0 radical (unpaired) electrons. The highest BCUT2D eigenvalue weighted by Gasteiger charge is 1.97. The molecule has 0 saturated carbocycles. The van der Waals surface area contributed by atoms with Crippen LogP contribution in [0.2, 0.25) is 0 Å². The topological polar surface area (TPSA) is 54.4 Å². The molecule has 1 N–H and O–H groups in total. The van der Waals surface area contributed by atoms with Gasteiger partial charge in [0.15, 0.2) is 15.8 Å². The maximum atomic E-state index is 10.2. The van der Waals surface area contributed by atoms with Crippen molar-refractivity contribution in [2.24, 2.45) is 0 Å². The first-order chi connectivity index (χ1) is 4.20. The van der Waals surface area contributed by atoms with Crippen LogP contribution in [0.15, 0.2) is 16.3 Å². The molecule has 0 fully saturated rings. The number of rotatable bonds is 1. The molecule has 9 heavy (non-hydrogen) atoms. The largest absolute Gasteiger partial charge is 0.499 e. The summed E-state index contributed by atoms with van der Waals surface area (Å²) in [5, 5.41) is 8.68. The van der Waals surface area contributed by atoms with E-state index in [0.29, 0.717) is 0 Å². The molecule has 1 heterocycles. The van der Waals surface area contributed by atoms with E-state index in [9.17, 15) is 8.42 Å². The quantitative estimate of drug-likeness (QED) is 0.591. The van der Waals surface area contributed by atoms with Gasteiger partial charge in [0.2, 0.25) is 0 Å². The van der Waals surface area contributed by atoms with E-state index in [0.717, 1.165) is 11.3 Å². The number of thiophene rings is 1. The lowest BCUT2D eigenvalue weighted by molar-refractivity contribution is 0.491. The molecule has 0 aromatic carbocycles. The van der Waals surface area contributed by atoms with Crippen molar-refractivity contribution in [1.82, 2.24) is 0 Å². The molecule has 0 unspecified atom stereocenters. The Kier molecular flexibility index (Phi) is 1.73. The summed E-state index contributed by atoms with van der Waals surface area (Å²) in [6.45, 7) is 0. The molecule has 1 aromatic heterocycles. The van der Waals surface area contributed by atoms with E-state index in [1.165, 1.54) is 12.1 Å². The molecule has 0 spiro atoms. The van der Waals surface area contributed by atoms with Crippen LogP contribution < -0.4 is 0 Å². The molecule has 1 rings (SSSR count). The third kappa shape index (κ3) is 1.43. The fourth-order valence-electron chi connectivity index (χ4n) is 0.416. The van der Waals surface area contributed by atoms with E-state index in [4.69, 9.17) is 5.11 Å². The Balaban J connectivity index is 3.12. The van der Waals surface area contributed by atoms with Crippen molar-refractivity contribution >= 4 is 22.0 Å². The van der Waals surface area contributed by atoms with Crippen LogP contribution in [0.25, 0.3) is 0 Å². The van der Waals surface area contributed by atoms with Gasteiger partial charge in [-0.1, -0.05) is 11.3 Å². The van der Waals surface area contributed by atoms with Crippen molar-refractivity contribution in [1.29, 1.82) is 0 Å².